The molecule has 0 saturated heterocycles. The Labute approximate surface area is 171 Å². The minimum absolute atomic E-state index is 0.100. The molecule has 0 radical (unpaired) electrons. The first kappa shape index (κ1) is 24.7. The number of ether oxygens (including phenoxy) is 1. The Morgan fingerprint density at radius 3 is 2.28 bits per heavy atom. The molecule has 0 aliphatic rings. The fraction of sp³-hybridized carbons (Fsp3) is 0.550. The smallest absolute Gasteiger partial charge is 0.251 e. The zero-order chi connectivity index (χ0) is 21.8. The van der Waals surface area contributed by atoms with Gasteiger partial charge in [0, 0.05) is 13.0 Å². The summed E-state index contributed by atoms with van der Waals surface area (Å²) in [6.07, 6.45) is -1.69. The van der Waals surface area contributed by atoms with Gasteiger partial charge in [-0.3, -0.25) is 14.4 Å². The molecule has 0 aromatic heterocycles. The molecule has 0 saturated carbocycles. The van der Waals surface area contributed by atoms with Crippen molar-refractivity contribution in [1.29, 1.82) is 0 Å². The predicted molar refractivity (Wildman–Crippen MR) is 109 cm³/mol. The predicted octanol–water partition coefficient (Wildman–Crippen LogP) is -0.791. The number of amides is 2. The summed E-state index contributed by atoms with van der Waals surface area (Å²) in [7, 11) is 0. The molecule has 1 aromatic rings. The molecule has 0 unspecified atom stereocenters. The maximum Gasteiger partial charge on any atom is 0.251 e. The molecule has 0 aliphatic heterocycles. The second-order valence-electron chi connectivity index (χ2n) is 6.71. The summed E-state index contributed by atoms with van der Waals surface area (Å²) in [5.41, 5.74) is 12.0. The summed E-state index contributed by atoms with van der Waals surface area (Å²) in [5, 5.41) is 15.0. The average molecular weight is 408 g/mol. The van der Waals surface area contributed by atoms with Crippen LogP contribution in [-0.4, -0.2) is 60.1 Å². The van der Waals surface area contributed by atoms with Crippen LogP contribution >= 0.6 is 0 Å². The highest BCUT2D eigenvalue weighted by molar-refractivity contribution is 5.93. The van der Waals surface area contributed by atoms with Crippen molar-refractivity contribution in [1.82, 2.24) is 10.6 Å². The van der Waals surface area contributed by atoms with Gasteiger partial charge >= 0.3 is 0 Å². The third-order valence-electron chi connectivity index (χ3n) is 4.37. The number of hydrogen-bond donors (Lipinski definition) is 5. The molecule has 0 spiro atoms. The largest absolute Gasteiger partial charge is 0.391 e. The number of carbonyl (C=O) groups excluding carboxylic acids is 3. The van der Waals surface area contributed by atoms with E-state index in [0.29, 0.717) is 0 Å². The van der Waals surface area contributed by atoms with E-state index in [1.165, 1.54) is 6.92 Å². The minimum Gasteiger partial charge on any atom is -0.391 e. The molecule has 4 atom stereocenters. The first-order chi connectivity index (χ1) is 13.8. The lowest BCUT2D eigenvalue weighted by Gasteiger charge is -2.26. The number of Topliss-reactive ketones (excluding diaryl/α,β-unsaturated/α-hetero) is 1. The van der Waals surface area contributed by atoms with Crippen LogP contribution in [0.15, 0.2) is 30.3 Å². The molecule has 0 heterocycles. The highest BCUT2D eigenvalue weighted by atomic mass is 16.5. The number of aliphatic hydroxyl groups excluding tert-OH is 1. The van der Waals surface area contributed by atoms with E-state index in [9.17, 15) is 19.5 Å². The van der Waals surface area contributed by atoms with Crippen LogP contribution in [0.1, 0.15) is 32.3 Å². The van der Waals surface area contributed by atoms with Crippen LogP contribution in [0.4, 0.5) is 0 Å². The van der Waals surface area contributed by atoms with Gasteiger partial charge in [0.25, 0.3) is 5.91 Å². The van der Waals surface area contributed by atoms with Crippen LogP contribution in [-0.2, 0) is 25.7 Å². The molecule has 162 valence electrons. The van der Waals surface area contributed by atoms with Gasteiger partial charge in [-0.15, -0.1) is 0 Å². The van der Waals surface area contributed by atoms with Crippen LogP contribution in [0, 0.1) is 0 Å². The molecular formula is C20H32N4O5. The van der Waals surface area contributed by atoms with Crippen LogP contribution in [0.2, 0.25) is 0 Å². The van der Waals surface area contributed by atoms with Gasteiger partial charge in [0.2, 0.25) is 5.91 Å². The second-order valence-corrected chi connectivity index (χ2v) is 6.71. The Kier molecular flexibility index (Phi) is 11.1. The van der Waals surface area contributed by atoms with Gasteiger partial charge in [-0.2, -0.15) is 0 Å². The Bertz CT molecular complexity index is 654. The first-order valence-corrected chi connectivity index (χ1v) is 9.71. The summed E-state index contributed by atoms with van der Waals surface area (Å²) in [5.74, 6) is -1.47. The molecule has 1 aromatic carbocycles. The van der Waals surface area contributed by atoms with Crippen LogP contribution in [0.5, 0.6) is 0 Å². The van der Waals surface area contributed by atoms with Gasteiger partial charge < -0.3 is 31.9 Å². The molecule has 2 amide bonds. The minimum atomic E-state index is -1.26. The van der Waals surface area contributed by atoms with Crippen LogP contribution < -0.4 is 22.1 Å². The van der Waals surface area contributed by atoms with E-state index in [1.807, 2.05) is 30.3 Å². The van der Waals surface area contributed by atoms with Crippen LogP contribution in [0.3, 0.4) is 0 Å². The standard InChI is InChI=1S/C20H32N4O5/c1-3-16(26)15(9-10-21)23-20(28)18(13(2)25)24-19(27)17(11-22)29-12-14-7-5-4-6-8-14/h4-8,13,15,17-18,25H,3,9-12,21-22H2,1-2H3,(H,23,28)(H,24,27)/t13-,15-,17-,18-/m0/s1. The van der Waals surface area contributed by atoms with E-state index < -0.39 is 36.1 Å². The number of aliphatic hydroxyl groups is 1. The SMILES string of the molecule is CCC(=O)[C@H](CCN)NC(=O)[C@@H](NC(=O)[C@H](CN)OCc1ccccc1)[C@H](C)O. The summed E-state index contributed by atoms with van der Waals surface area (Å²) >= 11 is 0. The first-order valence-electron chi connectivity index (χ1n) is 9.71. The maximum absolute atomic E-state index is 12.6. The second kappa shape index (κ2) is 13.0. The van der Waals surface area contributed by atoms with Crippen molar-refractivity contribution in [2.45, 2.75) is 57.6 Å². The van der Waals surface area contributed by atoms with Gasteiger partial charge in [0.05, 0.1) is 18.8 Å². The maximum atomic E-state index is 12.6. The van der Waals surface area contributed by atoms with E-state index in [0.717, 1.165) is 5.56 Å². The highest BCUT2D eigenvalue weighted by Gasteiger charge is 2.31. The summed E-state index contributed by atoms with van der Waals surface area (Å²) in [4.78, 5) is 37.1. The van der Waals surface area contributed by atoms with Gasteiger partial charge in [-0.1, -0.05) is 37.3 Å². The van der Waals surface area contributed by atoms with Crippen molar-refractivity contribution in [2.75, 3.05) is 13.1 Å². The molecule has 1 rings (SSSR count). The van der Waals surface area contributed by atoms with Crippen molar-refractivity contribution in [3.05, 3.63) is 35.9 Å². The van der Waals surface area contributed by atoms with E-state index in [-0.39, 0.29) is 38.3 Å². The van der Waals surface area contributed by atoms with Crippen molar-refractivity contribution < 1.29 is 24.2 Å². The third-order valence-corrected chi connectivity index (χ3v) is 4.37. The topological polar surface area (TPSA) is 157 Å². The lowest BCUT2D eigenvalue weighted by molar-refractivity contribution is -0.139. The zero-order valence-corrected chi connectivity index (χ0v) is 17.0. The van der Waals surface area contributed by atoms with E-state index >= 15 is 0 Å². The van der Waals surface area contributed by atoms with Gasteiger partial charge in [0.15, 0.2) is 5.78 Å². The Morgan fingerprint density at radius 1 is 1.10 bits per heavy atom. The third kappa shape index (κ3) is 8.28. The molecule has 9 heteroatoms. The average Bonchev–Trinajstić information content (AvgIpc) is 2.71. The van der Waals surface area contributed by atoms with Crippen LogP contribution in [0.25, 0.3) is 0 Å². The van der Waals surface area contributed by atoms with Crippen molar-refractivity contribution in [2.24, 2.45) is 11.5 Å². The lowest BCUT2D eigenvalue weighted by atomic mass is 10.0. The van der Waals surface area contributed by atoms with Gasteiger partial charge in [0.1, 0.15) is 12.1 Å². The van der Waals surface area contributed by atoms with E-state index in [2.05, 4.69) is 10.6 Å². The normalized spacial score (nSPS) is 15.1. The Morgan fingerprint density at radius 2 is 1.76 bits per heavy atom. The lowest BCUT2D eigenvalue weighted by Crippen LogP contribution is -2.58. The summed E-state index contributed by atoms with van der Waals surface area (Å²) in [6, 6.07) is 7.22. The number of benzene rings is 1. The fourth-order valence-corrected chi connectivity index (χ4v) is 2.66. The van der Waals surface area contributed by atoms with E-state index in [4.69, 9.17) is 16.2 Å². The molecular weight excluding hydrogens is 376 g/mol. The zero-order valence-electron chi connectivity index (χ0n) is 17.0. The number of rotatable bonds is 13. The molecule has 9 nitrogen and oxygen atoms in total. The Hall–Kier alpha value is -2.33. The van der Waals surface area contributed by atoms with Crippen molar-refractivity contribution in [3.63, 3.8) is 0 Å². The Balaban J connectivity index is 2.75. The summed E-state index contributed by atoms with van der Waals surface area (Å²) in [6.45, 7) is 3.33. The van der Waals surface area contributed by atoms with Crippen molar-refractivity contribution in [3.8, 4) is 0 Å². The molecule has 0 bridgehead atoms. The number of ketones is 1. The molecule has 7 N–H and O–H groups in total. The number of carbonyl (C=O) groups is 3. The number of nitrogens with two attached hydrogens (primary N) is 2. The quantitative estimate of drug-likeness (QED) is 0.286. The number of hydrogen-bond acceptors (Lipinski definition) is 7. The molecule has 0 fully saturated rings. The van der Waals surface area contributed by atoms with Crippen molar-refractivity contribution >= 4 is 17.6 Å². The summed E-state index contributed by atoms with van der Waals surface area (Å²) < 4.78 is 5.55. The fourth-order valence-electron chi connectivity index (χ4n) is 2.66. The van der Waals surface area contributed by atoms with E-state index in [1.54, 1.807) is 6.92 Å². The van der Waals surface area contributed by atoms with Gasteiger partial charge in [-0.25, -0.2) is 0 Å². The highest BCUT2D eigenvalue weighted by Crippen LogP contribution is 2.05. The molecule has 0 aliphatic carbocycles. The number of nitrogens with one attached hydrogen (secondary N) is 2. The van der Waals surface area contributed by atoms with Gasteiger partial charge in [-0.05, 0) is 25.5 Å². The molecule has 29 heavy (non-hydrogen) atoms. The monoisotopic (exact) mass is 408 g/mol.